The number of carbonyl (C=O) groups excluding carboxylic acids is 1. The molecular formula is C8H10NO+. The van der Waals surface area contributed by atoms with Crippen molar-refractivity contribution in [2.24, 2.45) is 0 Å². The molecule has 0 radical (unpaired) electrons. The zero-order chi connectivity index (χ0) is 7.40. The molecule has 0 heterocycles. The molecule has 1 aromatic rings. The first-order valence-electron chi connectivity index (χ1n) is 3.19. The summed E-state index contributed by atoms with van der Waals surface area (Å²) in [6, 6.07) is 9.61. The van der Waals surface area contributed by atoms with Gasteiger partial charge in [0.15, 0.2) is 0 Å². The molecule has 52 valence electrons. The predicted molar refractivity (Wildman–Crippen MR) is 39.1 cm³/mol. The van der Waals surface area contributed by atoms with Crippen molar-refractivity contribution in [3.8, 4) is 0 Å². The highest BCUT2D eigenvalue weighted by Crippen LogP contribution is 1.96. The van der Waals surface area contributed by atoms with Crippen LogP contribution in [-0.4, -0.2) is 13.5 Å². The molecule has 0 aliphatic rings. The molecule has 2 heteroatoms. The second-order valence-electron chi connectivity index (χ2n) is 2.17. The number of nitrogens with one attached hydrogen (secondary N) is 1. The third-order valence-electron chi connectivity index (χ3n) is 1.41. The van der Waals surface area contributed by atoms with E-state index in [-0.39, 0.29) is 0 Å². The second-order valence-corrected chi connectivity index (χ2v) is 2.17. The smallest absolute Gasteiger partial charge is 0.245 e. The number of rotatable bonds is 2. The summed E-state index contributed by atoms with van der Waals surface area (Å²) < 4.78 is 0. The van der Waals surface area contributed by atoms with E-state index in [1.165, 1.54) is 0 Å². The molecule has 0 spiro atoms. The van der Waals surface area contributed by atoms with E-state index in [0.717, 1.165) is 17.0 Å². The Labute approximate surface area is 60.1 Å². The van der Waals surface area contributed by atoms with Crippen molar-refractivity contribution in [1.82, 2.24) is 0 Å². The molecule has 0 aromatic heterocycles. The van der Waals surface area contributed by atoms with Crippen molar-refractivity contribution in [3.63, 3.8) is 0 Å². The molecule has 1 atom stereocenters. The number of carbonyl (C=O) groups is 1. The monoisotopic (exact) mass is 136 g/mol. The van der Waals surface area contributed by atoms with Gasteiger partial charge in [0.05, 0.1) is 7.05 Å². The lowest BCUT2D eigenvalue weighted by atomic mass is 10.3. The van der Waals surface area contributed by atoms with Crippen LogP contribution < -0.4 is 4.90 Å². The summed E-state index contributed by atoms with van der Waals surface area (Å²) >= 11 is 0. The number of quaternary nitrogens is 1. The van der Waals surface area contributed by atoms with Crippen LogP contribution in [0.2, 0.25) is 0 Å². The Hall–Kier alpha value is -1.15. The summed E-state index contributed by atoms with van der Waals surface area (Å²) in [7, 11) is 1.81. The Balaban J connectivity index is 2.84. The predicted octanol–water partition coefficient (Wildman–Crippen LogP) is -0.0108. The molecular weight excluding hydrogens is 126 g/mol. The van der Waals surface area contributed by atoms with Crippen LogP contribution in [0.5, 0.6) is 0 Å². The Kier molecular flexibility index (Phi) is 2.18. The van der Waals surface area contributed by atoms with Gasteiger partial charge in [0, 0.05) is 0 Å². The molecule has 0 aliphatic heterocycles. The van der Waals surface area contributed by atoms with Gasteiger partial charge in [0.25, 0.3) is 0 Å². The number of hydrogen-bond donors (Lipinski definition) is 1. The van der Waals surface area contributed by atoms with Crippen LogP contribution in [0.15, 0.2) is 30.3 Å². The maximum atomic E-state index is 10.3. The first-order valence-corrected chi connectivity index (χ1v) is 3.19. The fraction of sp³-hybridized carbons (Fsp3) is 0.125. The van der Waals surface area contributed by atoms with Gasteiger partial charge in [-0.3, -0.25) is 0 Å². The van der Waals surface area contributed by atoms with Crippen molar-refractivity contribution in [3.05, 3.63) is 30.3 Å². The summed E-state index contributed by atoms with van der Waals surface area (Å²) in [5, 5.41) is 0. The molecule has 0 saturated heterocycles. The highest BCUT2D eigenvalue weighted by atomic mass is 16.1. The molecule has 0 fully saturated rings. The Bertz CT molecular complexity index is 208. The van der Waals surface area contributed by atoms with Gasteiger partial charge in [-0.25, -0.2) is 9.69 Å². The molecule has 1 amide bonds. The van der Waals surface area contributed by atoms with Crippen LogP contribution in [0.3, 0.4) is 0 Å². The topological polar surface area (TPSA) is 21.5 Å². The van der Waals surface area contributed by atoms with Crippen molar-refractivity contribution in [1.29, 1.82) is 0 Å². The van der Waals surface area contributed by atoms with E-state index in [2.05, 4.69) is 0 Å². The van der Waals surface area contributed by atoms with Gasteiger partial charge in [0.2, 0.25) is 0 Å². The minimum Gasteiger partial charge on any atom is -0.245 e. The molecule has 0 aliphatic carbocycles. The standard InChI is InChI=1S/C8H9NO/c1-9(7-10)8-5-3-2-4-6-8/h2-7H,1H3/p+1. The lowest BCUT2D eigenvalue weighted by Gasteiger charge is -2.01. The molecule has 0 bridgehead atoms. The van der Waals surface area contributed by atoms with Gasteiger partial charge in [-0.2, -0.15) is 0 Å². The summed E-state index contributed by atoms with van der Waals surface area (Å²) in [6.07, 6.45) is 0.870. The fourth-order valence-corrected chi connectivity index (χ4v) is 0.769. The van der Waals surface area contributed by atoms with Gasteiger partial charge in [-0.05, 0) is 12.1 Å². The van der Waals surface area contributed by atoms with Crippen LogP contribution in [0.1, 0.15) is 0 Å². The summed E-state index contributed by atoms with van der Waals surface area (Å²) in [5.41, 5.74) is 0.998. The fourth-order valence-electron chi connectivity index (χ4n) is 0.769. The molecule has 2 nitrogen and oxygen atoms in total. The van der Waals surface area contributed by atoms with Gasteiger partial charge in [0.1, 0.15) is 5.69 Å². The third kappa shape index (κ3) is 1.42. The van der Waals surface area contributed by atoms with Crippen LogP contribution in [-0.2, 0) is 4.79 Å². The van der Waals surface area contributed by atoms with Gasteiger partial charge in [-0.1, -0.05) is 18.2 Å². The van der Waals surface area contributed by atoms with Crippen LogP contribution >= 0.6 is 0 Å². The molecule has 1 rings (SSSR count). The van der Waals surface area contributed by atoms with Gasteiger partial charge in [-0.15, -0.1) is 0 Å². The highest BCUT2D eigenvalue weighted by Gasteiger charge is 2.00. The van der Waals surface area contributed by atoms with Crippen LogP contribution in [0.25, 0.3) is 0 Å². The quantitative estimate of drug-likeness (QED) is 0.567. The highest BCUT2D eigenvalue weighted by molar-refractivity contribution is 5.42. The minimum atomic E-state index is 0.778. The van der Waals surface area contributed by atoms with Crippen LogP contribution in [0, 0.1) is 0 Å². The van der Waals surface area contributed by atoms with Crippen molar-refractivity contribution in [2.75, 3.05) is 7.05 Å². The number of hydrogen-bond acceptors (Lipinski definition) is 1. The molecule has 0 saturated carbocycles. The van der Waals surface area contributed by atoms with E-state index < -0.39 is 0 Å². The number of benzene rings is 1. The molecule has 1 aromatic carbocycles. The lowest BCUT2D eigenvalue weighted by Crippen LogP contribution is -3.02. The maximum absolute atomic E-state index is 10.3. The van der Waals surface area contributed by atoms with E-state index in [0.29, 0.717) is 0 Å². The van der Waals surface area contributed by atoms with Gasteiger partial charge >= 0.3 is 6.41 Å². The summed E-state index contributed by atoms with van der Waals surface area (Å²) in [5.74, 6) is 0. The normalized spacial score (nSPS) is 12.5. The van der Waals surface area contributed by atoms with E-state index in [9.17, 15) is 4.79 Å². The Morgan fingerprint density at radius 2 is 1.90 bits per heavy atom. The van der Waals surface area contributed by atoms with Crippen molar-refractivity contribution >= 4 is 12.1 Å². The average molecular weight is 136 g/mol. The van der Waals surface area contributed by atoms with E-state index >= 15 is 0 Å². The van der Waals surface area contributed by atoms with E-state index in [4.69, 9.17) is 0 Å². The largest absolute Gasteiger partial charge is 0.304 e. The third-order valence-corrected chi connectivity index (χ3v) is 1.41. The van der Waals surface area contributed by atoms with Crippen molar-refractivity contribution in [2.45, 2.75) is 0 Å². The van der Waals surface area contributed by atoms with E-state index in [1.807, 2.05) is 37.4 Å². The molecule has 1 N–H and O–H groups in total. The Morgan fingerprint density at radius 1 is 1.30 bits per heavy atom. The van der Waals surface area contributed by atoms with E-state index in [1.54, 1.807) is 0 Å². The molecule has 10 heavy (non-hydrogen) atoms. The maximum Gasteiger partial charge on any atom is 0.304 e. The first-order chi connectivity index (χ1) is 4.84. The molecule has 1 unspecified atom stereocenters. The second kappa shape index (κ2) is 3.13. The van der Waals surface area contributed by atoms with Crippen molar-refractivity contribution < 1.29 is 9.69 Å². The number of amides is 1. The Morgan fingerprint density at radius 3 is 2.40 bits per heavy atom. The zero-order valence-corrected chi connectivity index (χ0v) is 5.87. The van der Waals surface area contributed by atoms with Gasteiger partial charge < -0.3 is 0 Å². The summed E-state index contributed by atoms with van der Waals surface area (Å²) in [4.78, 5) is 11.0. The van der Waals surface area contributed by atoms with Crippen LogP contribution in [0.4, 0.5) is 5.69 Å². The average Bonchev–Trinajstić information content (AvgIpc) is 2.05. The minimum absolute atomic E-state index is 0.778. The summed E-state index contributed by atoms with van der Waals surface area (Å²) in [6.45, 7) is 0. The first kappa shape index (κ1) is 6.96. The number of para-hydroxylation sites is 1. The zero-order valence-electron chi connectivity index (χ0n) is 5.87. The SMILES string of the molecule is C[NH+](C=O)c1ccccc1. The lowest BCUT2D eigenvalue weighted by molar-refractivity contribution is -0.713.